The highest BCUT2D eigenvalue weighted by Crippen LogP contribution is 2.05. The molecule has 15 heavy (non-hydrogen) atoms. The number of carbonyl (C=O) groups excluding carboxylic acids is 1. The molecule has 3 heteroatoms. The van der Waals surface area contributed by atoms with E-state index in [-0.39, 0.29) is 12.1 Å². The summed E-state index contributed by atoms with van der Waals surface area (Å²) < 4.78 is 10.0. The fourth-order valence-electron chi connectivity index (χ4n) is 1.06. The first kappa shape index (κ1) is 11.5. The second-order valence-corrected chi connectivity index (χ2v) is 3.27. The van der Waals surface area contributed by atoms with Gasteiger partial charge < -0.3 is 9.47 Å². The molecule has 0 radical (unpaired) electrons. The van der Waals surface area contributed by atoms with Crippen LogP contribution in [0.25, 0.3) is 0 Å². The van der Waals surface area contributed by atoms with Gasteiger partial charge in [0.15, 0.2) is 0 Å². The third-order valence-electron chi connectivity index (χ3n) is 1.92. The van der Waals surface area contributed by atoms with E-state index < -0.39 is 0 Å². The lowest BCUT2D eigenvalue weighted by molar-refractivity contribution is -0.143. The van der Waals surface area contributed by atoms with Gasteiger partial charge in [-0.2, -0.15) is 0 Å². The van der Waals surface area contributed by atoms with Gasteiger partial charge >= 0.3 is 5.97 Å². The Labute approximate surface area is 89.8 Å². The Balaban J connectivity index is 2.50. The fourth-order valence-corrected chi connectivity index (χ4v) is 1.06. The topological polar surface area (TPSA) is 35.5 Å². The minimum absolute atomic E-state index is 0.325. The lowest BCUT2D eigenvalue weighted by Gasteiger charge is -2.09. The maximum absolute atomic E-state index is 10.7. The summed E-state index contributed by atoms with van der Waals surface area (Å²) in [4.78, 5) is 10.7. The van der Waals surface area contributed by atoms with Crippen molar-refractivity contribution in [2.45, 2.75) is 20.0 Å². The highest BCUT2D eigenvalue weighted by molar-refractivity contribution is 5.66. The van der Waals surface area contributed by atoms with Crippen LogP contribution in [0.4, 0.5) is 0 Å². The van der Waals surface area contributed by atoms with Gasteiger partial charge in [0.05, 0.1) is 13.2 Å². The molecule has 0 saturated carbocycles. The van der Waals surface area contributed by atoms with Crippen LogP contribution in [0, 0.1) is 11.8 Å². The van der Waals surface area contributed by atoms with Crippen LogP contribution in [-0.4, -0.2) is 25.3 Å². The molecule has 0 aromatic rings. The van der Waals surface area contributed by atoms with Crippen molar-refractivity contribution in [1.82, 2.24) is 0 Å². The van der Waals surface area contributed by atoms with E-state index >= 15 is 0 Å². The summed E-state index contributed by atoms with van der Waals surface area (Å²) in [5.74, 6) is 5.47. The van der Waals surface area contributed by atoms with Crippen LogP contribution < -0.4 is 0 Å². The summed E-state index contributed by atoms with van der Waals surface area (Å²) in [6, 6.07) is 0. The zero-order chi connectivity index (χ0) is 11.3. The summed E-state index contributed by atoms with van der Waals surface area (Å²) in [6.07, 6.45) is 1.56. The van der Waals surface area contributed by atoms with Crippen molar-refractivity contribution in [3.05, 3.63) is 23.8 Å². The van der Waals surface area contributed by atoms with Gasteiger partial charge in [-0.1, -0.05) is 18.4 Å². The van der Waals surface area contributed by atoms with E-state index in [0.717, 1.165) is 5.57 Å². The van der Waals surface area contributed by atoms with Gasteiger partial charge in [0.25, 0.3) is 0 Å². The van der Waals surface area contributed by atoms with Gasteiger partial charge in [0.1, 0.15) is 6.10 Å². The molecule has 0 aromatic heterocycles. The molecule has 1 unspecified atom stereocenters. The Morgan fingerprint density at radius 3 is 3.00 bits per heavy atom. The Morgan fingerprint density at radius 1 is 1.73 bits per heavy atom. The third kappa shape index (κ3) is 4.01. The number of ether oxygens (including phenoxy) is 2. The van der Waals surface area contributed by atoms with Gasteiger partial charge in [0, 0.05) is 18.1 Å². The van der Waals surface area contributed by atoms with Crippen molar-refractivity contribution < 1.29 is 14.3 Å². The minimum atomic E-state index is -0.363. The number of hydrogen-bond acceptors (Lipinski definition) is 3. The second kappa shape index (κ2) is 5.38. The molecule has 0 aromatic carbocycles. The standard InChI is InChI=1S/C12H14O3/c1-9(10(2)15-11(3)13)4-5-12-6-7-14-8-12/h6,10H,1,7-8H2,2-3H3. The van der Waals surface area contributed by atoms with E-state index in [1.165, 1.54) is 6.92 Å². The molecular formula is C12H14O3. The summed E-state index contributed by atoms with van der Waals surface area (Å²) >= 11 is 0. The van der Waals surface area contributed by atoms with Crippen molar-refractivity contribution >= 4 is 5.97 Å². The number of esters is 1. The van der Waals surface area contributed by atoms with E-state index in [1.807, 2.05) is 6.08 Å². The predicted molar refractivity (Wildman–Crippen MR) is 57.0 cm³/mol. The average Bonchev–Trinajstić information content (AvgIpc) is 2.65. The molecule has 1 aliphatic rings. The molecule has 1 heterocycles. The number of rotatable bonds is 2. The molecule has 1 atom stereocenters. The largest absolute Gasteiger partial charge is 0.457 e. The van der Waals surface area contributed by atoms with Crippen LogP contribution in [0.15, 0.2) is 23.8 Å². The number of hydrogen-bond donors (Lipinski definition) is 0. The molecule has 80 valence electrons. The Bertz CT molecular complexity index is 355. The lowest BCUT2D eigenvalue weighted by atomic mass is 10.2. The van der Waals surface area contributed by atoms with Crippen molar-refractivity contribution in [1.29, 1.82) is 0 Å². The Hall–Kier alpha value is -1.53. The van der Waals surface area contributed by atoms with E-state index in [4.69, 9.17) is 9.47 Å². The van der Waals surface area contributed by atoms with E-state index in [9.17, 15) is 4.79 Å². The van der Waals surface area contributed by atoms with Gasteiger partial charge in [-0.05, 0) is 13.0 Å². The summed E-state index contributed by atoms with van der Waals surface area (Å²) in [5.41, 5.74) is 1.55. The molecular weight excluding hydrogens is 192 g/mol. The highest BCUT2D eigenvalue weighted by Gasteiger charge is 2.07. The SMILES string of the molecule is C=C(C#CC1=CCOC1)C(C)OC(C)=O. The molecule has 3 nitrogen and oxygen atoms in total. The maximum Gasteiger partial charge on any atom is 0.303 e. The van der Waals surface area contributed by atoms with Gasteiger partial charge in [0.2, 0.25) is 0 Å². The Kier molecular flexibility index (Phi) is 4.14. The molecule has 1 rings (SSSR count). The number of carbonyl (C=O) groups is 1. The molecule has 1 aliphatic heterocycles. The zero-order valence-electron chi connectivity index (χ0n) is 9.00. The predicted octanol–water partition coefficient (Wildman–Crippen LogP) is 1.45. The monoisotopic (exact) mass is 206 g/mol. The van der Waals surface area contributed by atoms with Crippen molar-refractivity contribution in [3.63, 3.8) is 0 Å². The first-order valence-electron chi connectivity index (χ1n) is 4.74. The molecule has 0 spiro atoms. The van der Waals surface area contributed by atoms with Gasteiger partial charge in [-0.15, -0.1) is 0 Å². The minimum Gasteiger partial charge on any atom is -0.457 e. The Morgan fingerprint density at radius 2 is 2.47 bits per heavy atom. The van der Waals surface area contributed by atoms with Crippen molar-refractivity contribution in [2.75, 3.05) is 13.2 Å². The molecule has 0 N–H and O–H groups in total. The zero-order valence-corrected chi connectivity index (χ0v) is 9.00. The van der Waals surface area contributed by atoms with Crippen LogP contribution in [-0.2, 0) is 14.3 Å². The average molecular weight is 206 g/mol. The maximum atomic E-state index is 10.7. The van der Waals surface area contributed by atoms with E-state index in [2.05, 4.69) is 18.4 Å². The first-order chi connectivity index (χ1) is 7.09. The third-order valence-corrected chi connectivity index (χ3v) is 1.92. The molecule has 0 amide bonds. The second-order valence-electron chi connectivity index (χ2n) is 3.27. The fraction of sp³-hybridized carbons (Fsp3) is 0.417. The first-order valence-corrected chi connectivity index (χ1v) is 4.74. The molecule has 0 saturated heterocycles. The van der Waals surface area contributed by atoms with Crippen LogP contribution in [0.5, 0.6) is 0 Å². The van der Waals surface area contributed by atoms with Crippen LogP contribution in [0.1, 0.15) is 13.8 Å². The molecule has 0 fully saturated rings. The van der Waals surface area contributed by atoms with Crippen LogP contribution in [0.3, 0.4) is 0 Å². The summed E-state index contributed by atoms with van der Waals surface area (Å²) in [7, 11) is 0. The van der Waals surface area contributed by atoms with Gasteiger partial charge in [-0.25, -0.2) is 0 Å². The van der Waals surface area contributed by atoms with Crippen LogP contribution >= 0.6 is 0 Å². The quantitative estimate of drug-likeness (QED) is 0.507. The van der Waals surface area contributed by atoms with E-state index in [1.54, 1.807) is 6.92 Å². The highest BCUT2D eigenvalue weighted by atomic mass is 16.5. The van der Waals surface area contributed by atoms with Crippen molar-refractivity contribution in [3.8, 4) is 11.8 Å². The van der Waals surface area contributed by atoms with Crippen LogP contribution in [0.2, 0.25) is 0 Å². The van der Waals surface area contributed by atoms with Gasteiger partial charge in [-0.3, -0.25) is 4.79 Å². The molecule has 0 bridgehead atoms. The normalized spacial score (nSPS) is 16.0. The lowest BCUT2D eigenvalue weighted by Crippen LogP contribution is -2.13. The van der Waals surface area contributed by atoms with Crippen molar-refractivity contribution in [2.24, 2.45) is 0 Å². The van der Waals surface area contributed by atoms with E-state index in [0.29, 0.717) is 18.8 Å². The summed E-state index contributed by atoms with van der Waals surface area (Å²) in [6.45, 7) is 8.04. The smallest absolute Gasteiger partial charge is 0.303 e. The summed E-state index contributed by atoms with van der Waals surface area (Å²) in [5, 5.41) is 0. The molecule has 0 aliphatic carbocycles.